The zero-order valence-electron chi connectivity index (χ0n) is 15.1. The lowest BCUT2D eigenvalue weighted by Gasteiger charge is -2.12. The van der Waals surface area contributed by atoms with Gasteiger partial charge in [-0.1, -0.05) is 18.2 Å². The van der Waals surface area contributed by atoms with Crippen molar-refractivity contribution in [1.82, 2.24) is 0 Å². The highest BCUT2D eigenvalue weighted by molar-refractivity contribution is 7.12. The van der Waals surface area contributed by atoms with Crippen LogP contribution in [0.15, 0.2) is 82.5 Å². The van der Waals surface area contributed by atoms with E-state index in [0.717, 1.165) is 39.8 Å². The first-order valence-corrected chi connectivity index (χ1v) is 10.6. The highest BCUT2D eigenvalue weighted by atomic mass is 32.1. The van der Waals surface area contributed by atoms with E-state index in [1.54, 1.807) is 22.7 Å². The molecule has 0 aliphatic heterocycles. The highest BCUT2D eigenvalue weighted by Gasteiger charge is 2.11. The summed E-state index contributed by atoms with van der Waals surface area (Å²) < 4.78 is 0. The molecule has 28 heavy (non-hydrogen) atoms. The van der Waals surface area contributed by atoms with Gasteiger partial charge in [-0.3, -0.25) is 0 Å². The molecule has 4 nitrogen and oxygen atoms in total. The smallest absolute Gasteiger partial charge is 0.0884 e. The van der Waals surface area contributed by atoms with Crippen LogP contribution < -0.4 is 16.8 Å². The van der Waals surface area contributed by atoms with Crippen LogP contribution in [0.3, 0.4) is 0 Å². The molecule has 2 aromatic heterocycles. The average Bonchev–Trinajstić information content (AvgIpc) is 3.40. The lowest BCUT2D eigenvalue weighted by Crippen LogP contribution is -2.03. The van der Waals surface area contributed by atoms with Crippen molar-refractivity contribution >= 4 is 56.8 Å². The van der Waals surface area contributed by atoms with E-state index in [1.165, 1.54) is 4.88 Å². The summed E-state index contributed by atoms with van der Waals surface area (Å²) in [6.07, 6.45) is 0.785. The van der Waals surface area contributed by atoms with Gasteiger partial charge in [-0.2, -0.15) is 0 Å². The number of nitrogens with zero attached hydrogens (tertiary/aromatic N) is 1. The Morgan fingerprint density at radius 2 is 1.64 bits per heavy atom. The number of aliphatic imine (C=N–C) groups is 1. The molecular weight excluding hydrogens is 384 g/mol. The third-order valence-corrected chi connectivity index (χ3v) is 6.05. The van der Waals surface area contributed by atoms with Gasteiger partial charge in [0.05, 0.1) is 22.8 Å². The monoisotopic (exact) mass is 404 g/mol. The summed E-state index contributed by atoms with van der Waals surface area (Å²) in [7, 11) is 0. The number of hydrogen-bond donors (Lipinski definition) is 3. The number of para-hydroxylation sites is 1. The predicted molar refractivity (Wildman–Crippen MR) is 124 cm³/mol. The van der Waals surface area contributed by atoms with Crippen molar-refractivity contribution in [1.29, 1.82) is 0 Å². The van der Waals surface area contributed by atoms with Crippen LogP contribution in [0.4, 0.5) is 28.4 Å². The molecule has 4 aromatic rings. The lowest BCUT2D eigenvalue weighted by atomic mass is 10.1. The Hall–Kier alpha value is -3.09. The van der Waals surface area contributed by atoms with Crippen molar-refractivity contribution < 1.29 is 0 Å². The molecule has 6 heteroatoms. The molecule has 0 bridgehead atoms. The van der Waals surface area contributed by atoms with Crippen molar-refractivity contribution in [3.05, 3.63) is 87.2 Å². The molecule has 0 radical (unpaired) electrons. The molecule has 0 unspecified atom stereocenters. The predicted octanol–water partition coefficient (Wildman–Crippen LogP) is 6.08. The zero-order valence-corrected chi connectivity index (χ0v) is 16.8. The Morgan fingerprint density at radius 3 is 2.36 bits per heavy atom. The van der Waals surface area contributed by atoms with Crippen LogP contribution in [-0.4, -0.2) is 5.71 Å². The van der Waals surface area contributed by atoms with Gasteiger partial charge in [-0.15, -0.1) is 22.7 Å². The molecule has 0 saturated heterocycles. The molecule has 2 heterocycles. The number of hydrogen-bond acceptors (Lipinski definition) is 6. The molecule has 0 amide bonds. The topological polar surface area (TPSA) is 76.4 Å². The molecule has 0 spiro atoms. The quantitative estimate of drug-likeness (QED) is 0.269. The van der Waals surface area contributed by atoms with Crippen molar-refractivity contribution in [3.63, 3.8) is 0 Å². The van der Waals surface area contributed by atoms with E-state index in [-0.39, 0.29) is 0 Å². The van der Waals surface area contributed by atoms with E-state index in [9.17, 15) is 0 Å². The van der Waals surface area contributed by atoms with Crippen LogP contribution in [-0.2, 0) is 6.42 Å². The van der Waals surface area contributed by atoms with Crippen molar-refractivity contribution in [2.75, 3.05) is 16.8 Å². The van der Waals surface area contributed by atoms with Crippen molar-refractivity contribution in [3.8, 4) is 0 Å². The third-order valence-electron chi connectivity index (χ3n) is 4.26. The maximum Gasteiger partial charge on any atom is 0.0884 e. The fourth-order valence-electron chi connectivity index (χ4n) is 2.83. The summed E-state index contributed by atoms with van der Waals surface area (Å²) in [4.78, 5) is 7.38. The van der Waals surface area contributed by atoms with E-state index < -0.39 is 0 Å². The van der Waals surface area contributed by atoms with Crippen LogP contribution in [0.25, 0.3) is 0 Å². The Labute approximate surface area is 172 Å². The second-order valence-electron chi connectivity index (χ2n) is 6.28. The fraction of sp³-hybridized carbons (Fsp3) is 0.0455. The molecule has 5 N–H and O–H groups in total. The zero-order chi connectivity index (χ0) is 19.3. The Kier molecular flexibility index (Phi) is 5.41. The van der Waals surface area contributed by atoms with Gasteiger partial charge >= 0.3 is 0 Å². The summed E-state index contributed by atoms with van der Waals surface area (Å²) in [5.74, 6) is 0. The van der Waals surface area contributed by atoms with Crippen LogP contribution in [0, 0.1) is 0 Å². The Balaban J connectivity index is 1.67. The van der Waals surface area contributed by atoms with Crippen LogP contribution in [0.1, 0.15) is 9.75 Å². The lowest BCUT2D eigenvalue weighted by molar-refractivity contribution is 1.37. The molecular formula is C22H20N4S2. The third kappa shape index (κ3) is 4.24. The van der Waals surface area contributed by atoms with E-state index >= 15 is 0 Å². The number of nitrogen functional groups attached to an aromatic ring is 2. The van der Waals surface area contributed by atoms with Gasteiger partial charge in [0.15, 0.2) is 0 Å². The molecule has 4 rings (SSSR count). The Bertz CT molecular complexity index is 1070. The molecule has 0 aliphatic rings. The van der Waals surface area contributed by atoms with Gasteiger partial charge < -0.3 is 16.8 Å². The minimum Gasteiger partial charge on any atom is -0.399 e. The minimum atomic E-state index is 0.625. The Morgan fingerprint density at radius 1 is 0.857 bits per heavy atom. The number of thiophene rings is 2. The van der Waals surface area contributed by atoms with E-state index in [1.807, 2.05) is 48.5 Å². The molecule has 0 atom stereocenters. The highest BCUT2D eigenvalue weighted by Crippen LogP contribution is 2.33. The molecule has 2 aromatic carbocycles. The van der Waals surface area contributed by atoms with Gasteiger partial charge in [-0.05, 0) is 59.3 Å². The average molecular weight is 405 g/mol. The van der Waals surface area contributed by atoms with Gasteiger partial charge in [0.2, 0.25) is 0 Å². The molecule has 140 valence electrons. The fourth-order valence-corrected chi connectivity index (χ4v) is 4.25. The number of anilines is 4. The standard InChI is InChI=1S/C22H20N4S2/c23-15-8-10-16(11-9-15)25-18-5-1-6-19(22(18)24)26-20(21-7-3-13-28-21)14-17-4-2-12-27-17/h1-13,25H,14,23-24H2. The van der Waals surface area contributed by atoms with Crippen molar-refractivity contribution in [2.45, 2.75) is 6.42 Å². The number of nitrogens with two attached hydrogens (primary N) is 2. The summed E-state index contributed by atoms with van der Waals surface area (Å²) >= 11 is 3.43. The SMILES string of the molecule is Nc1ccc(Nc2cccc(N=C(Cc3cccs3)c3cccs3)c2N)cc1. The summed E-state index contributed by atoms with van der Waals surface area (Å²) in [6, 6.07) is 21.8. The largest absolute Gasteiger partial charge is 0.399 e. The van der Waals surface area contributed by atoms with E-state index in [4.69, 9.17) is 16.5 Å². The van der Waals surface area contributed by atoms with E-state index in [0.29, 0.717) is 5.69 Å². The van der Waals surface area contributed by atoms with Crippen molar-refractivity contribution in [2.24, 2.45) is 4.99 Å². The molecule has 0 saturated carbocycles. The first-order valence-electron chi connectivity index (χ1n) is 8.84. The van der Waals surface area contributed by atoms with Gasteiger partial charge in [0.1, 0.15) is 0 Å². The molecule has 0 aliphatic carbocycles. The second-order valence-corrected chi connectivity index (χ2v) is 8.26. The van der Waals surface area contributed by atoms with E-state index in [2.05, 4.69) is 34.3 Å². The van der Waals surface area contributed by atoms with Gasteiger partial charge in [0.25, 0.3) is 0 Å². The number of rotatable bonds is 6. The first-order chi connectivity index (χ1) is 13.7. The normalized spacial score (nSPS) is 11.5. The van der Waals surface area contributed by atoms with Gasteiger partial charge in [-0.25, -0.2) is 4.99 Å². The van der Waals surface area contributed by atoms with Crippen LogP contribution >= 0.6 is 22.7 Å². The van der Waals surface area contributed by atoms with Crippen LogP contribution in [0.5, 0.6) is 0 Å². The maximum atomic E-state index is 6.45. The maximum absolute atomic E-state index is 6.45. The molecule has 0 fully saturated rings. The van der Waals surface area contributed by atoms with Gasteiger partial charge in [0, 0.05) is 27.5 Å². The number of nitrogens with one attached hydrogen (secondary N) is 1. The summed E-state index contributed by atoms with van der Waals surface area (Å²) in [5, 5.41) is 7.51. The first kappa shape index (κ1) is 18.3. The second kappa shape index (κ2) is 8.29. The summed E-state index contributed by atoms with van der Waals surface area (Å²) in [6.45, 7) is 0. The number of benzene rings is 2. The van der Waals surface area contributed by atoms with Crippen LogP contribution in [0.2, 0.25) is 0 Å². The summed E-state index contributed by atoms with van der Waals surface area (Å²) in [5.41, 5.74) is 17.1. The minimum absolute atomic E-state index is 0.625.